The molecule has 0 saturated heterocycles. The fourth-order valence-electron chi connectivity index (χ4n) is 1.60. The normalized spacial score (nSPS) is 12.8. The number of likely N-dealkylation sites (N-methyl/N-ethyl adjacent to an activating group) is 1. The van der Waals surface area contributed by atoms with Gasteiger partial charge in [-0.2, -0.15) is 0 Å². The van der Waals surface area contributed by atoms with Gasteiger partial charge in [0.2, 0.25) is 0 Å². The Morgan fingerprint density at radius 2 is 2.25 bits per heavy atom. The average molecular weight is 237 g/mol. The number of nitrogens with zero attached hydrogens (tertiary/aromatic N) is 2. The van der Waals surface area contributed by atoms with Crippen LogP contribution in [0.3, 0.4) is 0 Å². The molecule has 2 N–H and O–H groups in total. The Bertz CT molecular complexity index is 365. The van der Waals surface area contributed by atoms with Crippen molar-refractivity contribution in [3.63, 3.8) is 0 Å². The number of thiocarbonyl (C=S) groups is 1. The van der Waals surface area contributed by atoms with E-state index < -0.39 is 0 Å². The first-order valence-corrected chi connectivity index (χ1v) is 5.91. The topological polar surface area (TPSA) is 42.2 Å². The minimum absolute atomic E-state index is 0.113. The highest BCUT2D eigenvalue weighted by molar-refractivity contribution is 7.80. The van der Waals surface area contributed by atoms with Crippen LogP contribution in [-0.4, -0.2) is 27.5 Å². The highest BCUT2D eigenvalue weighted by Gasteiger charge is 2.15. The van der Waals surface area contributed by atoms with Crippen molar-refractivity contribution in [3.05, 3.63) is 29.6 Å². The van der Waals surface area contributed by atoms with E-state index in [-0.39, 0.29) is 6.04 Å². The van der Waals surface area contributed by atoms with E-state index in [1.165, 1.54) is 0 Å². The molecule has 0 fully saturated rings. The molecule has 1 heterocycles. The smallest absolute Gasteiger partial charge is 0.0899 e. The first-order chi connectivity index (χ1) is 7.54. The van der Waals surface area contributed by atoms with E-state index >= 15 is 0 Å². The van der Waals surface area contributed by atoms with Crippen molar-refractivity contribution in [1.29, 1.82) is 0 Å². The van der Waals surface area contributed by atoms with E-state index in [0.29, 0.717) is 4.99 Å². The maximum atomic E-state index is 5.67. The van der Waals surface area contributed by atoms with Crippen molar-refractivity contribution >= 4 is 17.2 Å². The van der Waals surface area contributed by atoms with Gasteiger partial charge in [-0.05, 0) is 32.5 Å². The lowest BCUT2D eigenvalue weighted by Crippen LogP contribution is -2.41. The van der Waals surface area contributed by atoms with Gasteiger partial charge >= 0.3 is 0 Å². The third-order valence-corrected chi connectivity index (χ3v) is 3.02. The molecular weight excluding hydrogens is 218 g/mol. The zero-order chi connectivity index (χ0) is 12.1. The molecule has 0 spiro atoms. The van der Waals surface area contributed by atoms with E-state index in [1.54, 1.807) is 0 Å². The lowest BCUT2D eigenvalue weighted by Gasteiger charge is -2.26. The Hall–Kier alpha value is -1.00. The molecule has 4 heteroatoms. The molecule has 1 rings (SSSR count). The quantitative estimate of drug-likeness (QED) is 0.794. The molecule has 0 amide bonds. The molecule has 0 aliphatic carbocycles. The largest absolute Gasteiger partial charge is 0.392 e. The molecule has 3 nitrogen and oxygen atoms in total. The molecule has 0 aromatic carbocycles. The Balaban J connectivity index is 2.74. The van der Waals surface area contributed by atoms with E-state index in [4.69, 9.17) is 18.0 Å². The van der Waals surface area contributed by atoms with Crippen LogP contribution in [0.1, 0.15) is 25.2 Å². The Morgan fingerprint density at radius 3 is 2.75 bits per heavy atom. The second kappa shape index (κ2) is 5.92. The van der Waals surface area contributed by atoms with Crippen LogP contribution >= 0.6 is 12.2 Å². The van der Waals surface area contributed by atoms with Crippen molar-refractivity contribution in [1.82, 2.24) is 9.88 Å². The molecule has 0 radical (unpaired) electrons. The third-order valence-electron chi connectivity index (χ3n) is 2.68. The summed E-state index contributed by atoms with van der Waals surface area (Å²) in [5.74, 6) is 0. The zero-order valence-electron chi connectivity index (χ0n) is 10.1. The first-order valence-electron chi connectivity index (χ1n) is 5.50. The van der Waals surface area contributed by atoms with Crippen LogP contribution in [0.5, 0.6) is 0 Å². The standard InChI is InChI=1S/C12H19N3S/c1-4-15(10(3)12(13)16)8-11-7-5-6-9(2)14-11/h5-7,10H,4,8H2,1-3H3,(H2,13,16). The van der Waals surface area contributed by atoms with Crippen LogP contribution in [0.4, 0.5) is 0 Å². The highest BCUT2D eigenvalue weighted by atomic mass is 32.1. The Kier molecular flexibility index (Phi) is 4.83. The van der Waals surface area contributed by atoms with Gasteiger partial charge in [-0.25, -0.2) is 0 Å². The van der Waals surface area contributed by atoms with Crippen molar-refractivity contribution in [2.45, 2.75) is 33.4 Å². The van der Waals surface area contributed by atoms with Gasteiger partial charge in [0.25, 0.3) is 0 Å². The molecular formula is C12H19N3S. The summed E-state index contributed by atoms with van der Waals surface area (Å²) in [4.78, 5) is 7.23. The van der Waals surface area contributed by atoms with Crippen LogP contribution in [-0.2, 0) is 6.54 Å². The number of aromatic nitrogens is 1. The van der Waals surface area contributed by atoms with Crippen LogP contribution in [0, 0.1) is 6.92 Å². The van der Waals surface area contributed by atoms with Crippen molar-refractivity contribution in [2.24, 2.45) is 5.73 Å². The number of nitrogens with two attached hydrogens (primary N) is 1. The summed E-state index contributed by atoms with van der Waals surface area (Å²) in [5, 5.41) is 0. The molecule has 1 atom stereocenters. The van der Waals surface area contributed by atoms with Crippen molar-refractivity contribution < 1.29 is 0 Å². The van der Waals surface area contributed by atoms with Crippen LogP contribution in [0.15, 0.2) is 18.2 Å². The van der Waals surface area contributed by atoms with Gasteiger partial charge in [-0.3, -0.25) is 9.88 Å². The van der Waals surface area contributed by atoms with E-state index in [2.05, 4.69) is 16.8 Å². The van der Waals surface area contributed by atoms with Crippen LogP contribution in [0.25, 0.3) is 0 Å². The molecule has 0 aliphatic heterocycles. The maximum Gasteiger partial charge on any atom is 0.0899 e. The predicted molar refractivity (Wildman–Crippen MR) is 71.3 cm³/mol. The van der Waals surface area contributed by atoms with E-state index in [9.17, 15) is 0 Å². The lowest BCUT2D eigenvalue weighted by molar-refractivity contribution is 0.255. The van der Waals surface area contributed by atoms with E-state index in [1.807, 2.05) is 32.0 Å². The van der Waals surface area contributed by atoms with E-state index in [0.717, 1.165) is 24.5 Å². The summed E-state index contributed by atoms with van der Waals surface area (Å²) in [5.41, 5.74) is 7.76. The molecule has 88 valence electrons. The minimum Gasteiger partial charge on any atom is -0.392 e. The van der Waals surface area contributed by atoms with Gasteiger partial charge in [0.05, 0.1) is 16.7 Å². The summed E-state index contributed by atoms with van der Waals surface area (Å²) in [7, 11) is 0. The summed E-state index contributed by atoms with van der Waals surface area (Å²) < 4.78 is 0. The summed E-state index contributed by atoms with van der Waals surface area (Å²) >= 11 is 5.02. The SMILES string of the molecule is CCN(Cc1cccc(C)n1)C(C)C(N)=S. The number of rotatable bonds is 5. The summed E-state index contributed by atoms with van der Waals surface area (Å²) in [6.07, 6.45) is 0. The minimum atomic E-state index is 0.113. The lowest BCUT2D eigenvalue weighted by atomic mass is 10.2. The molecule has 0 saturated carbocycles. The first kappa shape index (κ1) is 13.1. The second-order valence-electron chi connectivity index (χ2n) is 3.91. The summed E-state index contributed by atoms with van der Waals surface area (Å²) in [6.45, 7) is 7.83. The number of aryl methyl sites for hydroxylation is 1. The Labute approximate surface area is 103 Å². The van der Waals surface area contributed by atoms with Crippen LogP contribution in [0.2, 0.25) is 0 Å². The number of hydrogen-bond donors (Lipinski definition) is 1. The molecule has 1 aromatic heterocycles. The molecule has 1 unspecified atom stereocenters. The van der Waals surface area contributed by atoms with Gasteiger partial charge in [0.15, 0.2) is 0 Å². The van der Waals surface area contributed by atoms with Gasteiger partial charge in [-0.1, -0.05) is 25.2 Å². The molecule has 1 aromatic rings. The fraction of sp³-hybridized carbons (Fsp3) is 0.500. The molecule has 16 heavy (non-hydrogen) atoms. The molecule has 0 bridgehead atoms. The number of pyridine rings is 1. The van der Waals surface area contributed by atoms with Gasteiger partial charge in [0, 0.05) is 12.2 Å². The van der Waals surface area contributed by atoms with Gasteiger partial charge in [-0.15, -0.1) is 0 Å². The fourth-order valence-corrected chi connectivity index (χ4v) is 1.75. The maximum absolute atomic E-state index is 5.67. The third kappa shape index (κ3) is 3.54. The summed E-state index contributed by atoms with van der Waals surface area (Å²) in [6, 6.07) is 6.16. The average Bonchev–Trinajstić information content (AvgIpc) is 2.25. The Morgan fingerprint density at radius 1 is 1.56 bits per heavy atom. The monoisotopic (exact) mass is 237 g/mol. The number of hydrogen-bond acceptors (Lipinski definition) is 3. The van der Waals surface area contributed by atoms with Gasteiger partial charge < -0.3 is 5.73 Å². The second-order valence-corrected chi connectivity index (χ2v) is 4.38. The van der Waals surface area contributed by atoms with Crippen molar-refractivity contribution in [3.8, 4) is 0 Å². The zero-order valence-corrected chi connectivity index (χ0v) is 10.9. The predicted octanol–water partition coefficient (Wildman–Crippen LogP) is 1.89. The van der Waals surface area contributed by atoms with Crippen molar-refractivity contribution in [2.75, 3.05) is 6.54 Å². The molecule has 0 aliphatic rings. The van der Waals surface area contributed by atoms with Crippen LogP contribution < -0.4 is 5.73 Å². The highest BCUT2D eigenvalue weighted by Crippen LogP contribution is 2.07. The van der Waals surface area contributed by atoms with Gasteiger partial charge in [0.1, 0.15) is 0 Å².